The van der Waals surface area contributed by atoms with E-state index in [2.05, 4.69) is 20.6 Å². The first-order valence-electron chi connectivity index (χ1n) is 11.9. The third-order valence-electron chi connectivity index (χ3n) is 6.27. The van der Waals surface area contributed by atoms with Crippen LogP contribution in [-0.4, -0.2) is 74.4 Å². The molecule has 0 aliphatic carbocycles. The van der Waals surface area contributed by atoms with Crippen molar-refractivity contribution in [2.75, 3.05) is 6.54 Å². The van der Waals surface area contributed by atoms with Crippen molar-refractivity contribution in [3.8, 4) is 0 Å². The summed E-state index contributed by atoms with van der Waals surface area (Å²) in [5.41, 5.74) is 6.75. The number of carbonyl (C=O) groups excluding carboxylic acids is 3. The number of nitrogens with zero attached hydrogens (tertiary/aromatic N) is 2. The summed E-state index contributed by atoms with van der Waals surface area (Å²) >= 11 is 0. The van der Waals surface area contributed by atoms with Gasteiger partial charge in [0.05, 0.1) is 12.4 Å². The van der Waals surface area contributed by atoms with E-state index in [0.29, 0.717) is 37.9 Å². The van der Waals surface area contributed by atoms with Crippen molar-refractivity contribution in [3.63, 3.8) is 0 Å². The maximum Gasteiger partial charge on any atom is 0.326 e. The molecule has 0 saturated carbocycles. The van der Waals surface area contributed by atoms with Gasteiger partial charge in [-0.3, -0.25) is 14.4 Å². The molecule has 0 spiro atoms. The molecular weight excluding hydrogens is 440 g/mol. The van der Waals surface area contributed by atoms with Crippen LogP contribution in [0.1, 0.15) is 59.1 Å². The SMILES string of the molecule is CCC(C)C(NC(=O)C(N)Cc1cnc[nH]1)C(=O)N1CCCC1C(=O)NC(CC(C)C)C(=O)O. The van der Waals surface area contributed by atoms with Crippen LogP contribution in [0.25, 0.3) is 0 Å². The van der Waals surface area contributed by atoms with Gasteiger partial charge < -0.3 is 31.4 Å². The number of nitrogens with one attached hydrogen (secondary N) is 3. The summed E-state index contributed by atoms with van der Waals surface area (Å²) < 4.78 is 0. The molecule has 1 aliphatic rings. The number of imidazole rings is 1. The second-order valence-electron chi connectivity index (χ2n) is 9.48. The van der Waals surface area contributed by atoms with Crippen molar-refractivity contribution in [3.05, 3.63) is 18.2 Å². The molecule has 0 radical (unpaired) electrons. The Kier molecular flexibility index (Phi) is 10.0. The lowest BCUT2D eigenvalue weighted by Gasteiger charge is -2.32. The fourth-order valence-corrected chi connectivity index (χ4v) is 4.11. The van der Waals surface area contributed by atoms with E-state index in [-0.39, 0.29) is 24.2 Å². The molecule has 0 bridgehead atoms. The molecule has 1 aromatic rings. The largest absolute Gasteiger partial charge is 0.480 e. The first-order valence-corrected chi connectivity index (χ1v) is 11.9. The molecule has 1 saturated heterocycles. The van der Waals surface area contributed by atoms with Gasteiger partial charge >= 0.3 is 5.97 Å². The average Bonchev–Trinajstić information content (AvgIpc) is 3.47. The lowest BCUT2D eigenvalue weighted by molar-refractivity contribution is -0.145. The second-order valence-corrected chi connectivity index (χ2v) is 9.48. The zero-order valence-corrected chi connectivity index (χ0v) is 20.4. The maximum absolute atomic E-state index is 13.5. The molecule has 0 aromatic carbocycles. The fourth-order valence-electron chi connectivity index (χ4n) is 4.11. The fraction of sp³-hybridized carbons (Fsp3) is 0.696. The van der Waals surface area contributed by atoms with Gasteiger partial charge in [-0.15, -0.1) is 0 Å². The summed E-state index contributed by atoms with van der Waals surface area (Å²) in [5, 5.41) is 14.8. The van der Waals surface area contributed by atoms with Crippen LogP contribution in [0.3, 0.4) is 0 Å². The van der Waals surface area contributed by atoms with Crippen LogP contribution in [0, 0.1) is 11.8 Å². The second kappa shape index (κ2) is 12.5. The smallest absolute Gasteiger partial charge is 0.326 e. The summed E-state index contributed by atoms with van der Waals surface area (Å²) in [4.78, 5) is 59.0. The highest BCUT2D eigenvalue weighted by molar-refractivity contribution is 5.94. The van der Waals surface area contributed by atoms with Crippen LogP contribution in [-0.2, 0) is 25.6 Å². The quantitative estimate of drug-likeness (QED) is 0.290. The number of hydrogen-bond donors (Lipinski definition) is 5. The van der Waals surface area contributed by atoms with Crippen LogP contribution in [0.15, 0.2) is 12.5 Å². The number of aromatic nitrogens is 2. The molecule has 2 rings (SSSR count). The summed E-state index contributed by atoms with van der Waals surface area (Å²) in [6.07, 6.45) is 5.31. The molecular formula is C23H38N6O5. The van der Waals surface area contributed by atoms with Crippen molar-refractivity contribution >= 4 is 23.7 Å². The van der Waals surface area contributed by atoms with E-state index in [4.69, 9.17) is 5.73 Å². The third-order valence-corrected chi connectivity index (χ3v) is 6.27. The molecule has 11 nitrogen and oxygen atoms in total. The van der Waals surface area contributed by atoms with Gasteiger partial charge in [0.25, 0.3) is 0 Å². The Balaban J connectivity index is 2.11. The minimum absolute atomic E-state index is 0.0821. The molecule has 5 atom stereocenters. The lowest BCUT2D eigenvalue weighted by Crippen LogP contribution is -2.58. The molecule has 1 aliphatic heterocycles. The van der Waals surface area contributed by atoms with E-state index >= 15 is 0 Å². The van der Waals surface area contributed by atoms with Crippen molar-refractivity contribution in [2.45, 2.75) is 84.0 Å². The highest BCUT2D eigenvalue weighted by atomic mass is 16.4. The molecule has 34 heavy (non-hydrogen) atoms. The van der Waals surface area contributed by atoms with Crippen LogP contribution in [0.4, 0.5) is 0 Å². The summed E-state index contributed by atoms with van der Waals surface area (Å²) in [6.45, 7) is 7.90. The number of carbonyl (C=O) groups is 4. The van der Waals surface area contributed by atoms with E-state index < -0.39 is 42.0 Å². The van der Waals surface area contributed by atoms with Gasteiger partial charge in [-0.05, 0) is 31.1 Å². The predicted octanol–water partition coefficient (Wildman–Crippen LogP) is 0.417. The molecule has 5 unspecified atom stereocenters. The number of carboxylic acids is 1. The number of hydrogen-bond acceptors (Lipinski definition) is 6. The number of nitrogens with two attached hydrogens (primary N) is 1. The predicted molar refractivity (Wildman–Crippen MR) is 125 cm³/mol. The van der Waals surface area contributed by atoms with Crippen molar-refractivity contribution < 1.29 is 24.3 Å². The minimum Gasteiger partial charge on any atom is -0.480 e. The first-order chi connectivity index (χ1) is 16.0. The molecule has 6 N–H and O–H groups in total. The maximum atomic E-state index is 13.5. The van der Waals surface area contributed by atoms with Gasteiger partial charge in [-0.1, -0.05) is 34.1 Å². The monoisotopic (exact) mass is 478 g/mol. The standard InChI is InChI=1S/C23H38N6O5/c1-5-14(4)19(28-20(30)16(24)10-15-11-25-12-26-15)22(32)29-8-6-7-18(29)21(31)27-17(23(33)34)9-13(2)3/h11-14,16-19H,5-10,24H2,1-4H3,(H,25,26)(H,27,31)(H,28,30)(H,33,34). The number of aromatic amines is 1. The minimum atomic E-state index is -1.10. The Hall–Kier alpha value is -2.95. The Morgan fingerprint density at radius 1 is 1.26 bits per heavy atom. The Morgan fingerprint density at radius 2 is 1.97 bits per heavy atom. The third kappa shape index (κ3) is 7.28. The molecule has 2 heterocycles. The van der Waals surface area contributed by atoms with Gasteiger partial charge in [-0.25, -0.2) is 9.78 Å². The van der Waals surface area contributed by atoms with Crippen molar-refractivity contribution in [1.82, 2.24) is 25.5 Å². The number of carboxylic acid groups (broad SMARTS) is 1. The molecule has 3 amide bonds. The Bertz CT molecular complexity index is 843. The highest BCUT2D eigenvalue weighted by Gasteiger charge is 2.40. The van der Waals surface area contributed by atoms with Crippen LogP contribution in [0.2, 0.25) is 0 Å². The van der Waals surface area contributed by atoms with E-state index in [1.165, 1.54) is 11.2 Å². The van der Waals surface area contributed by atoms with E-state index in [1.807, 2.05) is 27.7 Å². The summed E-state index contributed by atoms with van der Waals surface area (Å²) in [7, 11) is 0. The van der Waals surface area contributed by atoms with Crippen molar-refractivity contribution in [2.24, 2.45) is 17.6 Å². The normalized spacial score (nSPS) is 19.4. The summed E-state index contributed by atoms with van der Waals surface area (Å²) in [6, 6.07) is -3.51. The van der Waals surface area contributed by atoms with E-state index in [1.54, 1.807) is 6.20 Å². The number of aliphatic carboxylic acids is 1. The molecule has 11 heteroatoms. The Labute approximate surface area is 200 Å². The van der Waals surface area contributed by atoms with E-state index in [0.717, 1.165) is 0 Å². The topological polar surface area (TPSA) is 171 Å². The molecule has 190 valence electrons. The van der Waals surface area contributed by atoms with Gasteiger partial charge in [0.2, 0.25) is 17.7 Å². The lowest BCUT2D eigenvalue weighted by atomic mass is 9.96. The van der Waals surface area contributed by atoms with Crippen LogP contribution < -0.4 is 16.4 Å². The zero-order chi connectivity index (χ0) is 25.4. The average molecular weight is 479 g/mol. The van der Waals surface area contributed by atoms with Crippen LogP contribution in [0.5, 0.6) is 0 Å². The number of amides is 3. The van der Waals surface area contributed by atoms with Crippen molar-refractivity contribution in [1.29, 1.82) is 0 Å². The molecule has 1 fully saturated rings. The Morgan fingerprint density at radius 3 is 2.53 bits per heavy atom. The van der Waals surface area contributed by atoms with Gasteiger partial charge in [0.1, 0.15) is 18.1 Å². The van der Waals surface area contributed by atoms with Gasteiger partial charge in [-0.2, -0.15) is 0 Å². The van der Waals surface area contributed by atoms with E-state index in [9.17, 15) is 24.3 Å². The first kappa shape index (κ1) is 27.3. The molecule has 1 aromatic heterocycles. The zero-order valence-electron chi connectivity index (χ0n) is 20.4. The number of H-pyrrole nitrogens is 1. The summed E-state index contributed by atoms with van der Waals surface area (Å²) in [5.74, 6) is -2.51. The van der Waals surface area contributed by atoms with Crippen LogP contribution >= 0.6 is 0 Å². The highest BCUT2D eigenvalue weighted by Crippen LogP contribution is 2.22. The van der Waals surface area contributed by atoms with Gasteiger partial charge in [0, 0.05) is 24.9 Å². The number of rotatable bonds is 12. The van der Waals surface area contributed by atoms with Gasteiger partial charge in [0.15, 0.2) is 0 Å². The number of likely N-dealkylation sites (tertiary alicyclic amines) is 1.